The topological polar surface area (TPSA) is 0 Å². The first-order valence-electron chi connectivity index (χ1n) is 7.40. The average Bonchev–Trinajstić information content (AvgIpc) is 2.29. The Hall–Kier alpha value is 0.350. The molecule has 0 aliphatic heterocycles. The van der Waals surface area contributed by atoms with Crippen molar-refractivity contribution in [2.75, 3.05) is 0 Å². The quantitative estimate of drug-likeness (QED) is 0.503. The molecule has 104 valence electrons. The molecule has 0 heterocycles. The molecule has 0 N–H and O–H groups in total. The van der Waals surface area contributed by atoms with Crippen LogP contribution in [0.25, 0.3) is 0 Å². The van der Waals surface area contributed by atoms with Crippen LogP contribution in [0.4, 0.5) is 0 Å². The summed E-state index contributed by atoms with van der Waals surface area (Å²) in [7, 11) is 0. The molecule has 0 aliphatic rings. The second-order valence-corrected chi connectivity index (χ2v) is 8.02. The van der Waals surface area contributed by atoms with Gasteiger partial charge in [0.05, 0.1) is 0 Å². The van der Waals surface area contributed by atoms with Crippen molar-refractivity contribution in [2.24, 2.45) is 10.8 Å². The highest BCUT2D eigenvalue weighted by Crippen LogP contribution is 2.44. The predicted molar refractivity (Wildman–Crippen MR) is 83.9 cm³/mol. The molecule has 0 radical (unpaired) electrons. The van der Waals surface area contributed by atoms with Gasteiger partial charge in [-0.3, -0.25) is 0 Å². The van der Waals surface area contributed by atoms with E-state index in [9.17, 15) is 0 Å². The molecular formula is C16H34S. The lowest BCUT2D eigenvalue weighted by Crippen LogP contribution is -2.33. The Bertz CT molecular complexity index is 184. The Kier molecular flexibility index (Phi) is 7.21. The molecule has 2 atom stereocenters. The molecule has 0 rings (SSSR count). The van der Waals surface area contributed by atoms with E-state index in [4.69, 9.17) is 0 Å². The standard InChI is InChI=1S/C16H34S/c1-9-13(15(5,6)11-3)17-14(10-2)16(7,8)12-4/h13-14H,9-12H2,1-8H3. The van der Waals surface area contributed by atoms with Crippen molar-refractivity contribution in [2.45, 2.75) is 91.6 Å². The molecule has 0 aromatic carbocycles. The summed E-state index contributed by atoms with van der Waals surface area (Å²) in [6.07, 6.45) is 5.15. The smallest absolute Gasteiger partial charge is 0.00984 e. The van der Waals surface area contributed by atoms with Crippen molar-refractivity contribution in [3.8, 4) is 0 Å². The van der Waals surface area contributed by atoms with Gasteiger partial charge in [0.25, 0.3) is 0 Å². The Labute approximate surface area is 114 Å². The lowest BCUT2D eigenvalue weighted by atomic mass is 9.84. The van der Waals surface area contributed by atoms with Crippen LogP contribution in [-0.2, 0) is 0 Å². The zero-order chi connectivity index (χ0) is 13.7. The maximum atomic E-state index is 2.43. The van der Waals surface area contributed by atoms with Crippen LogP contribution in [0, 0.1) is 10.8 Å². The summed E-state index contributed by atoms with van der Waals surface area (Å²) in [5, 5.41) is 1.59. The van der Waals surface area contributed by atoms with Gasteiger partial charge in [-0.1, -0.05) is 55.4 Å². The Morgan fingerprint density at radius 3 is 1.18 bits per heavy atom. The third kappa shape index (κ3) is 4.85. The van der Waals surface area contributed by atoms with Crippen LogP contribution in [0.15, 0.2) is 0 Å². The van der Waals surface area contributed by atoms with E-state index in [2.05, 4.69) is 67.2 Å². The lowest BCUT2D eigenvalue weighted by Gasteiger charge is -2.40. The lowest BCUT2D eigenvalue weighted by molar-refractivity contribution is 0.311. The summed E-state index contributed by atoms with van der Waals surface area (Å²) in [6, 6.07) is 0. The van der Waals surface area contributed by atoms with Crippen LogP contribution in [0.2, 0.25) is 0 Å². The molecule has 0 fully saturated rings. The minimum atomic E-state index is 0.469. The van der Waals surface area contributed by atoms with Gasteiger partial charge in [-0.25, -0.2) is 0 Å². The van der Waals surface area contributed by atoms with Crippen LogP contribution in [0.1, 0.15) is 81.1 Å². The van der Waals surface area contributed by atoms with Gasteiger partial charge in [-0.05, 0) is 36.5 Å². The van der Waals surface area contributed by atoms with Crippen LogP contribution in [0.3, 0.4) is 0 Å². The first kappa shape index (κ1) is 17.4. The summed E-state index contributed by atoms with van der Waals surface area (Å²) in [4.78, 5) is 0. The second kappa shape index (κ2) is 7.07. The fraction of sp³-hybridized carbons (Fsp3) is 1.00. The Morgan fingerprint density at radius 2 is 1.00 bits per heavy atom. The van der Waals surface area contributed by atoms with Crippen LogP contribution in [-0.4, -0.2) is 10.5 Å². The molecule has 0 aromatic heterocycles. The van der Waals surface area contributed by atoms with Gasteiger partial charge in [-0.15, -0.1) is 0 Å². The van der Waals surface area contributed by atoms with Crippen molar-refractivity contribution in [1.82, 2.24) is 0 Å². The molecule has 0 aliphatic carbocycles. The summed E-state index contributed by atoms with van der Waals surface area (Å²) >= 11 is 2.25. The van der Waals surface area contributed by atoms with Gasteiger partial charge in [0.2, 0.25) is 0 Å². The third-order valence-electron chi connectivity index (χ3n) is 4.64. The van der Waals surface area contributed by atoms with Gasteiger partial charge in [-0.2, -0.15) is 11.8 Å². The van der Waals surface area contributed by atoms with Crippen molar-refractivity contribution in [3.63, 3.8) is 0 Å². The van der Waals surface area contributed by atoms with Gasteiger partial charge >= 0.3 is 0 Å². The minimum Gasteiger partial charge on any atom is -0.154 e. The minimum absolute atomic E-state index is 0.469. The van der Waals surface area contributed by atoms with Gasteiger partial charge in [0, 0.05) is 10.5 Å². The van der Waals surface area contributed by atoms with Gasteiger partial charge < -0.3 is 0 Å². The normalized spacial score (nSPS) is 16.9. The number of hydrogen-bond acceptors (Lipinski definition) is 1. The fourth-order valence-corrected chi connectivity index (χ4v) is 4.17. The van der Waals surface area contributed by atoms with Gasteiger partial charge in [0.15, 0.2) is 0 Å². The molecule has 0 bridgehead atoms. The van der Waals surface area contributed by atoms with Crippen molar-refractivity contribution < 1.29 is 0 Å². The highest BCUT2D eigenvalue weighted by molar-refractivity contribution is 8.00. The summed E-state index contributed by atoms with van der Waals surface area (Å²) in [6.45, 7) is 19.1. The zero-order valence-electron chi connectivity index (χ0n) is 13.4. The largest absolute Gasteiger partial charge is 0.154 e. The maximum absolute atomic E-state index is 2.43. The monoisotopic (exact) mass is 258 g/mol. The van der Waals surface area contributed by atoms with E-state index in [1.54, 1.807) is 0 Å². The van der Waals surface area contributed by atoms with Crippen LogP contribution >= 0.6 is 11.8 Å². The summed E-state index contributed by atoms with van der Waals surface area (Å²) in [5.74, 6) is 0. The van der Waals surface area contributed by atoms with E-state index in [0.717, 1.165) is 10.5 Å². The van der Waals surface area contributed by atoms with Crippen LogP contribution in [0.5, 0.6) is 0 Å². The van der Waals surface area contributed by atoms with E-state index in [1.807, 2.05) is 0 Å². The SMILES string of the molecule is CCC(SC(CC)C(C)(C)CC)C(C)(C)CC. The van der Waals surface area contributed by atoms with E-state index in [-0.39, 0.29) is 0 Å². The van der Waals surface area contributed by atoms with Gasteiger partial charge in [0.1, 0.15) is 0 Å². The highest BCUT2D eigenvalue weighted by atomic mass is 32.2. The maximum Gasteiger partial charge on any atom is 0.00984 e. The van der Waals surface area contributed by atoms with E-state index >= 15 is 0 Å². The predicted octanol–water partition coefficient (Wildman–Crippen LogP) is 6.15. The van der Waals surface area contributed by atoms with Crippen molar-refractivity contribution in [1.29, 1.82) is 0 Å². The van der Waals surface area contributed by atoms with Crippen LogP contribution < -0.4 is 0 Å². The molecule has 2 unspecified atom stereocenters. The van der Waals surface area contributed by atoms with E-state index < -0.39 is 0 Å². The molecule has 0 nitrogen and oxygen atoms in total. The molecule has 17 heavy (non-hydrogen) atoms. The first-order chi connectivity index (χ1) is 7.75. The van der Waals surface area contributed by atoms with E-state index in [1.165, 1.54) is 25.7 Å². The Morgan fingerprint density at radius 1 is 0.706 bits per heavy atom. The molecule has 0 aromatic rings. The van der Waals surface area contributed by atoms with E-state index in [0.29, 0.717) is 10.8 Å². The number of thioether (sulfide) groups is 1. The average molecular weight is 259 g/mol. The molecular weight excluding hydrogens is 224 g/mol. The van der Waals surface area contributed by atoms with Crippen molar-refractivity contribution in [3.05, 3.63) is 0 Å². The zero-order valence-corrected chi connectivity index (χ0v) is 14.2. The highest BCUT2D eigenvalue weighted by Gasteiger charge is 2.34. The molecule has 0 amide bonds. The second-order valence-electron chi connectivity index (χ2n) is 6.61. The van der Waals surface area contributed by atoms with Crippen molar-refractivity contribution >= 4 is 11.8 Å². The third-order valence-corrected chi connectivity index (χ3v) is 7.24. The molecule has 0 saturated carbocycles. The molecule has 0 spiro atoms. The number of hydrogen-bond donors (Lipinski definition) is 0. The first-order valence-corrected chi connectivity index (χ1v) is 8.34. The Balaban J connectivity index is 4.75. The molecule has 0 saturated heterocycles. The fourth-order valence-electron chi connectivity index (χ4n) is 2.32. The number of rotatable bonds is 8. The summed E-state index contributed by atoms with van der Waals surface area (Å²) < 4.78 is 0. The molecule has 1 heteroatoms. The summed E-state index contributed by atoms with van der Waals surface area (Å²) in [5.41, 5.74) is 0.938.